The maximum Gasteiger partial charge on any atom is 0.0434 e. The van der Waals surface area contributed by atoms with Gasteiger partial charge in [-0.2, -0.15) is 0 Å². The van der Waals surface area contributed by atoms with Crippen LogP contribution in [-0.4, -0.2) is 0 Å². The first-order valence-electron chi connectivity index (χ1n) is 45.3. The van der Waals surface area contributed by atoms with Gasteiger partial charge in [0.1, 0.15) is 0 Å². The Morgan fingerprint density at radius 2 is 0.295 bits per heavy atom. The Balaban J connectivity index is 0.000000135. The molecule has 0 N–H and O–H groups in total. The zero-order chi connectivity index (χ0) is 86.6. The van der Waals surface area contributed by atoms with Crippen molar-refractivity contribution < 1.29 is 0 Å². The molecule has 0 saturated heterocycles. The van der Waals surface area contributed by atoms with E-state index < -0.39 is 0 Å². The van der Waals surface area contributed by atoms with Crippen LogP contribution < -0.4 is 0 Å². The fourth-order valence-corrected chi connectivity index (χ4v) is 26.8. The Labute approximate surface area is 778 Å². The van der Waals surface area contributed by atoms with Crippen LogP contribution in [0, 0.1) is 0 Å². The number of hydrogen-bond acceptors (Lipinski definition) is 4. The van der Waals surface area contributed by atoms with Crippen molar-refractivity contribution in [1.82, 2.24) is 0 Å². The third-order valence-corrected chi connectivity index (χ3v) is 32.5. The number of fused-ring (bicyclic) bond motifs is 20. The molecule has 24 aromatic carbocycles. The van der Waals surface area contributed by atoms with Crippen molar-refractivity contribution in [3.63, 3.8) is 0 Å². The molecule has 0 nitrogen and oxygen atoms in total. The Kier molecular flexibility index (Phi) is 17.9. The second-order valence-corrected chi connectivity index (χ2v) is 39.1. The normalized spacial score (nSPS) is 11.9. The summed E-state index contributed by atoms with van der Waals surface area (Å²) in [4.78, 5) is 0. The van der Waals surface area contributed by atoms with Gasteiger partial charge in [0.05, 0.1) is 0 Å². The van der Waals surface area contributed by atoms with Crippen molar-refractivity contribution in [3.8, 4) is 111 Å². The van der Waals surface area contributed by atoms with E-state index in [1.807, 2.05) is 45.3 Å². The summed E-state index contributed by atoms with van der Waals surface area (Å²) in [7, 11) is 0. The number of hydrogen-bond donors (Lipinski definition) is 0. The van der Waals surface area contributed by atoms with Gasteiger partial charge in [-0.3, -0.25) is 0 Å². The standard InChI is InChI=1S/2C64H38S2/c1-3-17-39(18-4-1)41-23-11-27-47-55(41)37-56-42(40-19-5-2-6-20-40)24-12-28-48(56)61(47)62-49-29-13-25-43(51-31-15-33-53-45-21-7-9-35-59(45)65-63(51)53)57(49)38-58-44(26-14-30-50(58)62)52-32-16-34-54-46-22-8-10-36-60(46)66-64(52)54;1-3-17-39(18-4-1)41-23-11-27-47-53(41)37-54-42(40-19-5-2-6-20-40)24-12-28-48(54)63(47)64-49-29-13-25-43(45-31-15-35-59-61(45)51-21-7-9-33-57(51)65-59)55(49)38-56-44(26-14-30-50(56)64)46-32-16-36-60-62(46)52-22-8-10-34-58(52)66-60/h2*1-38H. The van der Waals surface area contributed by atoms with Crippen molar-refractivity contribution in [2.24, 2.45) is 0 Å². The van der Waals surface area contributed by atoms with Crippen LogP contribution >= 0.6 is 45.3 Å². The van der Waals surface area contributed by atoms with E-state index in [1.165, 1.54) is 278 Å². The zero-order valence-corrected chi connectivity index (χ0v) is 74.8. The molecule has 4 heterocycles. The van der Waals surface area contributed by atoms with E-state index in [0.717, 1.165) is 0 Å². The number of thiophene rings is 4. The smallest absolute Gasteiger partial charge is 0.0434 e. The molecule has 28 rings (SSSR count). The maximum absolute atomic E-state index is 2.53. The first-order chi connectivity index (χ1) is 65.5. The molecule has 4 aromatic heterocycles. The molecule has 132 heavy (non-hydrogen) atoms. The van der Waals surface area contributed by atoms with Crippen LogP contribution in [0.25, 0.3) is 278 Å². The van der Waals surface area contributed by atoms with Gasteiger partial charge < -0.3 is 0 Å². The highest BCUT2D eigenvalue weighted by Gasteiger charge is 2.28. The fraction of sp³-hybridized carbons (Fsp3) is 0. The van der Waals surface area contributed by atoms with E-state index >= 15 is 0 Å². The van der Waals surface area contributed by atoms with Crippen LogP contribution in [0.2, 0.25) is 0 Å². The lowest BCUT2D eigenvalue weighted by Gasteiger charge is -2.22. The van der Waals surface area contributed by atoms with Crippen molar-refractivity contribution >= 4 is 212 Å². The van der Waals surface area contributed by atoms with Crippen LogP contribution in [0.1, 0.15) is 0 Å². The van der Waals surface area contributed by atoms with Crippen molar-refractivity contribution in [1.29, 1.82) is 0 Å². The number of rotatable bonds is 10. The molecule has 0 aliphatic rings. The Morgan fingerprint density at radius 3 is 0.583 bits per heavy atom. The van der Waals surface area contributed by atoms with Gasteiger partial charge in [-0.25, -0.2) is 0 Å². The largest absolute Gasteiger partial charge is 0.135 e. The van der Waals surface area contributed by atoms with Gasteiger partial charge >= 0.3 is 0 Å². The second kappa shape index (κ2) is 31.0. The van der Waals surface area contributed by atoms with E-state index in [-0.39, 0.29) is 0 Å². The van der Waals surface area contributed by atoms with Gasteiger partial charge in [0.2, 0.25) is 0 Å². The minimum atomic E-state index is 1.21. The van der Waals surface area contributed by atoms with Crippen LogP contribution in [0.4, 0.5) is 0 Å². The first kappa shape index (κ1) is 76.3. The minimum absolute atomic E-state index is 1.21. The van der Waals surface area contributed by atoms with Crippen molar-refractivity contribution in [3.05, 3.63) is 461 Å². The zero-order valence-electron chi connectivity index (χ0n) is 71.5. The average molecular weight is 1740 g/mol. The molecule has 0 saturated carbocycles. The molecule has 0 aliphatic carbocycles. The monoisotopic (exact) mass is 1740 g/mol. The van der Waals surface area contributed by atoms with E-state index in [1.54, 1.807) is 0 Å². The van der Waals surface area contributed by atoms with Gasteiger partial charge in [0.15, 0.2) is 0 Å². The number of benzene rings is 24. The van der Waals surface area contributed by atoms with Gasteiger partial charge in [-0.05, 0) is 247 Å². The summed E-state index contributed by atoms with van der Waals surface area (Å²) < 4.78 is 10.5. The lowest BCUT2D eigenvalue weighted by Crippen LogP contribution is -1.94. The van der Waals surface area contributed by atoms with Gasteiger partial charge in [0.25, 0.3) is 0 Å². The van der Waals surface area contributed by atoms with Crippen LogP contribution in [-0.2, 0) is 0 Å². The summed E-state index contributed by atoms with van der Waals surface area (Å²) in [6.45, 7) is 0. The lowest BCUT2D eigenvalue weighted by molar-refractivity contribution is 1.64. The third kappa shape index (κ3) is 12.1. The second-order valence-electron chi connectivity index (χ2n) is 34.8. The van der Waals surface area contributed by atoms with Gasteiger partial charge in [0, 0.05) is 91.8 Å². The summed E-state index contributed by atoms with van der Waals surface area (Å²) in [6, 6.07) is 172. The lowest BCUT2D eigenvalue weighted by atomic mass is 9.81. The predicted octanol–water partition coefficient (Wildman–Crippen LogP) is 38.7. The molecule has 0 bridgehead atoms. The molecule has 0 unspecified atom stereocenters. The Hall–Kier alpha value is -15.8. The third-order valence-electron chi connectivity index (χ3n) is 27.8. The minimum Gasteiger partial charge on any atom is -0.135 e. The van der Waals surface area contributed by atoms with Crippen molar-refractivity contribution in [2.45, 2.75) is 0 Å². The van der Waals surface area contributed by atoms with Crippen LogP contribution in [0.3, 0.4) is 0 Å². The van der Waals surface area contributed by atoms with Crippen LogP contribution in [0.15, 0.2) is 461 Å². The molecule has 0 spiro atoms. The molecule has 0 fully saturated rings. The maximum atomic E-state index is 2.53. The molecule has 4 heteroatoms. The summed E-state index contributed by atoms with van der Waals surface area (Å²) in [5.41, 5.74) is 24.9. The van der Waals surface area contributed by atoms with Gasteiger partial charge in [-0.15, -0.1) is 45.3 Å². The van der Waals surface area contributed by atoms with Crippen LogP contribution in [0.5, 0.6) is 0 Å². The summed E-state index contributed by atoms with van der Waals surface area (Å²) >= 11 is 7.57. The average Bonchev–Trinajstić information content (AvgIpc) is 0.723. The summed E-state index contributed by atoms with van der Waals surface area (Å²) in [5.74, 6) is 0. The molecule has 0 radical (unpaired) electrons. The SMILES string of the molecule is c1ccc(-c2cccc3c(-c4c5cccc(-c6cccc7c6sc6ccccc67)c5cc5c(-c6cccc7c6sc6ccccc67)cccc45)c4cccc(-c5ccccc5)c4cc23)cc1.c1ccc(-c2cccc3c(-c4c5cccc(-c6cccc7sc8ccccc8c67)c5cc5c(-c6cccc7sc8ccccc8c67)cccc45)c4cccc(-c5ccccc5)c4cc23)cc1. The molecule has 612 valence electrons. The molecule has 28 aromatic rings. The highest BCUT2D eigenvalue weighted by Crippen LogP contribution is 2.56. The summed E-state index contributed by atoms with van der Waals surface area (Å²) in [5, 5.41) is 30.5. The fourth-order valence-electron chi connectivity index (χ4n) is 22.1. The van der Waals surface area contributed by atoms with E-state index in [2.05, 4.69) is 461 Å². The molecule has 0 aliphatic heterocycles. The quantitative estimate of drug-likeness (QED) is 0.120. The first-order valence-corrected chi connectivity index (χ1v) is 48.6. The molecule has 0 amide bonds. The van der Waals surface area contributed by atoms with E-state index in [9.17, 15) is 0 Å². The Morgan fingerprint density at radius 1 is 0.106 bits per heavy atom. The highest BCUT2D eigenvalue weighted by molar-refractivity contribution is 7.27. The van der Waals surface area contributed by atoms with E-state index in [4.69, 9.17) is 0 Å². The highest BCUT2D eigenvalue weighted by atomic mass is 32.1. The summed E-state index contributed by atoms with van der Waals surface area (Å²) in [6.07, 6.45) is 0. The topological polar surface area (TPSA) is 0 Å². The van der Waals surface area contributed by atoms with Crippen molar-refractivity contribution in [2.75, 3.05) is 0 Å². The predicted molar refractivity (Wildman–Crippen MR) is 579 cm³/mol. The Bertz CT molecular complexity index is 9110. The van der Waals surface area contributed by atoms with E-state index in [0.29, 0.717) is 0 Å². The van der Waals surface area contributed by atoms with Gasteiger partial charge in [-0.1, -0.05) is 400 Å². The molecular formula is C128H76S4. The molecule has 0 atom stereocenters. The molecular weight excluding hydrogens is 1670 g/mol.